The first-order valence-electron chi connectivity index (χ1n) is 5.32. The number of methoxy groups -OCH3 is 1. The van der Waals surface area contributed by atoms with Crippen LogP contribution in [0.4, 0.5) is 4.79 Å². The van der Waals surface area contributed by atoms with Crippen LogP contribution in [-0.4, -0.2) is 19.8 Å². The van der Waals surface area contributed by atoms with Crippen LogP contribution >= 0.6 is 11.6 Å². The average molecular weight is 258 g/mol. The molecule has 0 aromatic heterocycles. The molecule has 0 bridgehead atoms. The normalized spacial score (nSPS) is 9.88. The average Bonchev–Trinajstić information content (AvgIpc) is 2.26. The van der Waals surface area contributed by atoms with Gasteiger partial charge in [-0.25, -0.2) is 4.79 Å². The molecule has 0 aliphatic carbocycles. The van der Waals surface area contributed by atoms with Crippen LogP contribution in [0.15, 0.2) is 12.1 Å². The lowest BCUT2D eigenvalue weighted by Crippen LogP contribution is -2.24. The maximum Gasteiger partial charge on any atom is 0.407 e. The summed E-state index contributed by atoms with van der Waals surface area (Å²) in [7, 11) is 1.59. The number of nitrogens with one attached hydrogen (secondary N) is 1. The molecule has 1 amide bonds. The second-order valence-corrected chi connectivity index (χ2v) is 3.93. The summed E-state index contributed by atoms with van der Waals surface area (Å²) in [5.41, 5.74) is 1.76. The first kappa shape index (κ1) is 13.6. The lowest BCUT2D eigenvalue weighted by molar-refractivity contribution is 0.151. The second-order valence-electron chi connectivity index (χ2n) is 3.49. The van der Waals surface area contributed by atoms with E-state index >= 15 is 0 Å². The van der Waals surface area contributed by atoms with Gasteiger partial charge in [0.05, 0.1) is 13.7 Å². The van der Waals surface area contributed by atoms with Crippen molar-refractivity contribution in [1.29, 1.82) is 0 Å². The molecule has 1 rings (SSSR count). The number of alkyl carbamates (subject to hydrolysis) is 1. The van der Waals surface area contributed by atoms with Crippen LogP contribution in [0, 0.1) is 6.92 Å². The van der Waals surface area contributed by atoms with E-state index in [1.807, 2.05) is 13.0 Å². The molecule has 0 aliphatic heterocycles. The first-order chi connectivity index (χ1) is 8.08. The number of carbonyl (C=O) groups is 1. The van der Waals surface area contributed by atoms with Crippen LogP contribution in [0.25, 0.3) is 0 Å². The van der Waals surface area contributed by atoms with Gasteiger partial charge in [-0.2, -0.15) is 0 Å². The van der Waals surface area contributed by atoms with Crippen molar-refractivity contribution in [3.8, 4) is 5.75 Å². The smallest absolute Gasteiger partial charge is 0.407 e. The molecule has 0 saturated heterocycles. The zero-order valence-corrected chi connectivity index (χ0v) is 10.9. The lowest BCUT2D eigenvalue weighted by Gasteiger charge is -2.12. The minimum Gasteiger partial charge on any atom is -0.496 e. The Morgan fingerprint density at radius 2 is 2.18 bits per heavy atom. The summed E-state index contributed by atoms with van der Waals surface area (Å²) in [6.45, 7) is 4.32. The minimum atomic E-state index is -0.452. The number of carbonyl (C=O) groups excluding carboxylic acids is 1. The Balaban J connectivity index is 2.79. The standard InChI is InChI=1S/C12H16ClNO3/c1-4-17-12(15)14-7-9-6-10(13)5-8(2)11(9)16-3/h5-6H,4,7H2,1-3H3,(H,14,15). The monoisotopic (exact) mass is 257 g/mol. The van der Waals surface area contributed by atoms with E-state index < -0.39 is 6.09 Å². The highest BCUT2D eigenvalue weighted by molar-refractivity contribution is 6.30. The fraction of sp³-hybridized carbons (Fsp3) is 0.417. The zero-order chi connectivity index (χ0) is 12.8. The third-order valence-corrected chi connectivity index (χ3v) is 2.44. The van der Waals surface area contributed by atoms with Crippen molar-refractivity contribution >= 4 is 17.7 Å². The summed E-state index contributed by atoms with van der Waals surface area (Å²) >= 11 is 5.96. The highest BCUT2D eigenvalue weighted by Crippen LogP contribution is 2.27. The predicted octanol–water partition coefficient (Wildman–Crippen LogP) is 2.90. The Morgan fingerprint density at radius 1 is 1.47 bits per heavy atom. The topological polar surface area (TPSA) is 47.6 Å². The van der Waals surface area contributed by atoms with Gasteiger partial charge in [-0.05, 0) is 31.5 Å². The van der Waals surface area contributed by atoms with Gasteiger partial charge in [-0.3, -0.25) is 0 Å². The molecule has 1 aromatic carbocycles. The van der Waals surface area contributed by atoms with Gasteiger partial charge in [-0.15, -0.1) is 0 Å². The summed E-state index contributed by atoms with van der Waals surface area (Å²) in [5.74, 6) is 0.728. The van der Waals surface area contributed by atoms with Crippen molar-refractivity contribution in [2.24, 2.45) is 0 Å². The van der Waals surface area contributed by atoms with E-state index in [-0.39, 0.29) is 0 Å². The molecule has 0 heterocycles. The molecule has 94 valence electrons. The number of ether oxygens (including phenoxy) is 2. The van der Waals surface area contributed by atoms with Crippen LogP contribution in [0.1, 0.15) is 18.1 Å². The molecule has 0 aliphatic rings. The highest BCUT2D eigenvalue weighted by Gasteiger charge is 2.09. The molecule has 1 aromatic rings. The van der Waals surface area contributed by atoms with Crippen LogP contribution < -0.4 is 10.1 Å². The van der Waals surface area contributed by atoms with Gasteiger partial charge < -0.3 is 14.8 Å². The summed E-state index contributed by atoms with van der Waals surface area (Å²) in [6, 6.07) is 3.58. The lowest BCUT2D eigenvalue weighted by atomic mass is 10.1. The molecule has 5 heteroatoms. The molecular formula is C12H16ClNO3. The van der Waals surface area contributed by atoms with Gasteiger partial charge in [0.15, 0.2) is 0 Å². The number of aryl methyl sites for hydroxylation is 1. The van der Waals surface area contributed by atoms with Gasteiger partial charge in [0, 0.05) is 17.1 Å². The van der Waals surface area contributed by atoms with Crippen LogP contribution in [0.3, 0.4) is 0 Å². The second kappa shape index (κ2) is 6.35. The fourth-order valence-electron chi connectivity index (χ4n) is 1.57. The highest BCUT2D eigenvalue weighted by atomic mass is 35.5. The summed E-state index contributed by atoms with van der Waals surface area (Å²) in [5, 5.41) is 3.24. The van der Waals surface area contributed by atoms with Crippen molar-refractivity contribution in [3.05, 3.63) is 28.3 Å². The van der Waals surface area contributed by atoms with Crippen molar-refractivity contribution in [2.75, 3.05) is 13.7 Å². The first-order valence-corrected chi connectivity index (χ1v) is 5.70. The maximum atomic E-state index is 11.2. The van der Waals surface area contributed by atoms with E-state index in [1.54, 1.807) is 20.1 Å². The number of rotatable bonds is 4. The molecule has 1 N–H and O–H groups in total. The van der Waals surface area contributed by atoms with E-state index in [0.717, 1.165) is 16.9 Å². The van der Waals surface area contributed by atoms with Gasteiger partial charge in [-0.1, -0.05) is 11.6 Å². The molecule has 0 unspecified atom stereocenters. The fourth-order valence-corrected chi connectivity index (χ4v) is 1.87. The molecule has 0 atom stereocenters. The molecule has 0 saturated carbocycles. The van der Waals surface area contributed by atoms with Gasteiger partial charge >= 0.3 is 6.09 Å². The molecular weight excluding hydrogens is 242 g/mol. The number of amides is 1. The maximum absolute atomic E-state index is 11.2. The van der Waals surface area contributed by atoms with Gasteiger partial charge in [0.25, 0.3) is 0 Å². The largest absolute Gasteiger partial charge is 0.496 e. The van der Waals surface area contributed by atoms with Crippen LogP contribution in [-0.2, 0) is 11.3 Å². The van der Waals surface area contributed by atoms with E-state index in [1.165, 1.54) is 0 Å². The van der Waals surface area contributed by atoms with Gasteiger partial charge in [0.1, 0.15) is 5.75 Å². The van der Waals surface area contributed by atoms with Crippen molar-refractivity contribution in [1.82, 2.24) is 5.32 Å². The number of hydrogen-bond acceptors (Lipinski definition) is 3. The molecule has 0 radical (unpaired) electrons. The Labute approximate surface area is 106 Å². The summed E-state index contributed by atoms with van der Waals surface area (Å²) in [6.07, 6.45) is -0.452. The van der Waals surface area contributed by atoms with E-state index in [4.69, 9.17) is 21.1 Å². The molecule has 0 fully saturated rings. The minimum absolute atomic E-state index is 0.323. The Kier molecular flexibility index (Phi) is 5.10. The Morgan fingerprint density at radius 3 is 2.76 bits per heavy atom. The molecule has 4 nitrogen and oxygen atoms in total. The predicted molar refractivity (Wildman–Crippen MR) is 66.6 cm³/mol. The third kappa shape index (κ3) is 3.82. The number of halogens is 1. The SMILES string of the molecule is CCOC(=O)NCc1cc(Cl)cc(C)c1OC. The Bertz CT molecular complexity index is 407. The van der Waals surface area contributed by atoms with Crippen LogP contribution in [0.2, 0.25) is 5.02 Å². The number of hydrogen-bond donors (Lipinski definition) is 1. The molecule has 17 heavy (non-hydrogen) atoms. The third-order valence-electron chi connectivity index (χ3n) is 2.22. The quantitative estimate of drug-likeness (QED) is 0.902. The van der Waals surface area contributed by atoms with Crippen molar-refractivity contribution in [2.45, 2.75) is 20.4 Å². The van der Waals surface area contributed by atoms with Gasteiger partial charge in [0.2, 0.25) is 0 Å². The summed E-state index contributed by atoms with van der Waals surface area (Å²) in [4.78, 5) is 11.2. The van der Waals surface area contributed by atoms with E-state index in [0.29, 0.717) is 18.2 Å². The Hall–Kier alpha value is -1.42. The number of benzene rings is 1. The zero-order valence-electron chi connectivity index (χ0n) is 10.2. The van der Waals surface area contributed by atoms with E-state index in [9.17, 15) is 4.79 Å². The van der Waals surface area contributed by atoms with Crippen LogP contribution in [0.5, 0.6) is 5.75 Å². The van der Waals surface area contributed by atoms with Crippen molar-refractivity contribution in [3.63, 3.8) is 0 Å². The van der Waals surface area contributed by atoms with Crippen molar-refractivity contribution < 1.29 is 14.3 Å². The van der Waals surface area contributed by atoms with E-state index in [2.05, 4.69) is 5.32 Å². The summed E-state index contributed by atoms with van der Waals surface area (Å²) < 4.78 is 10.0. The molecule has 0 spiro atoms.